The summed E-state index contributed by atoms with van der Waals surface area (Å²) in [6, 6.07) is 11.2. The number of carbonyl (C=O) groups is 2. The Kier molecular flexibility index (Phi) is 9.05. The summed E-state index contributed by atoms with van der Waals surface area (Å²) in [6.45, 7) is 8.34. The quantitative estimate of drug-likeness (QED) is 0.523. The number of anilines is 3. The Morgan fingerprint density at radius 1 is 1.00 bits per heavy atom. The Hall–Kier alpha value is -3.09. The maximum Gasteiger partial charge on any atom is 0.322 e. The molecule has 0 saturated carbocycles. The monoisotopic (exact) mass is 442 g/mol. The van der Waals surface area contributed by atoms with E-state index in [0.29, 0.717) is 24.3 Å². The third-order valence-corrected chi connectivity index (χ3v) is 5.24. The van der Waals surface area contributed by atoms with Crippen molar-refractivity contribution in [3.63, 3.8) is 0 Å². The van der Waals surface area contributed by atoms with Crippen molar-refractivity contribution in [2.45, 2.75) is 53.1 Å². The summed E-state index contributed by atoms with van der Waals surface area (Å²) in [5.41, 5.74) is 2.97. The van der Waals surface area contributed by atoms with Crippen LogP contribution in [0.25, 0.3) is 0 Å². The van der Waals surface area contributed by atoms with E-state index >= 15 is 0 Å². The summed E-state index contributed by atoms with van der Waals surface area (Å²) in [7, 11) is 3.88. The average molecular weight is 443 g/mol. The van der Waals surface area contributed by atoms with Crippen molar-refractivity contribution in [3.8, 4) is 0 Å². The van der Waals surface area contributed by atoms with Crippen LogP contribution in [-0.2, 0) is 11.3 Å². The summed E-state index contributed by atoms with van der Waals surface area (Å²) < 4.78 is 13.6. The van der Waals surface area contributed by atoms with E-state index in [0.717, 1.165) is 17.7 Å². The number of nitrogens with zero attached hydrogens (tertiary/aromatic N) is 2. The van der Waals surface area contributed by atoms with E-state index in [2.05, 4.69) is 10.6 Å². The third-order valence-electron chi connectivity index (χ3n) is 5.24. The summed E-state index contributed by atoms with van der Waals surface area (Å²) in [6.07, 6.45) is 1.21. The zero-order valence-electron chi connectivity index (χ0n) is 19.9. The van der Waals surface area contributed by atoms with Crippen LogP contribution in [0.1, 0.15) is 46.1 Å². The number of hydrogen-bond donors (Lipinski definition) is 2. The van der Waals surface area contributed by atoms with E-state index in [-0.39, 0.29) is 23.9 Å². The fourth-order valence-electron chi connectivity index (χ4n) is 3.40. The Morgan fingerprint density at radius 2 is 1.69 bits per heavy atom. The van der Waals surface area contributed by atoms with Gasteiger partial charge in [0, 0.05) is 50.2 Å². The Labute approximate surface area is 190 Å². The lowest BCUT2D eigenvalue weighted by Gasteiger charge is -2.31. The summed E-state index contributed by atoms with van der Waals surface area (Å²) in [4.78, 5) is 29.1. The highest BCUT2D eigenvalue weighted by Gasteiger charge is 2.22. The van der Waals surface area contributed by atoms with Gasteiger partial charge in [0.15, 0.2) is 0 Å². The van der Waals surface area contributed by atoms with Gasteiger partial charge in [-0.2, -0.15) is 0 Å². The predicted molar refractivity (Wildman–Crippen MR) is 130 cm³/mol. The molecule has 2 aromatic carbocycles. The Balaban J connectivity index is 2.30. The number of rotatable bonds is 9. The van der Waals surface area contributed by atoms with Gasteiger partial charge in [-0.1, -0.05) is 26.8 Å². The molecule has 6 nitrogen and oxygen atoms in total. The van der Waals surface area contributed by atoms with Crippen LogP contribution >= 0.6 is 0 Å². The molecule has 0 aromatic heterocycles. The van der Waals surface area contributed by atoms with Crippen molar-refractivity contribution >= 4 is 29.0 Å². The molecule has 0 bridgehead atoms. The van der Waals surface area contributed by atoms with E-state index in [4.69, 9.17) is 0 Å². The second kappa shape index (κ2) is 11.5. The number of benzene rings is 2. The normalized spacial score (nSPS) is 11.8. The van der Waals surface area contributed by atoms with Crippen LogP contribution in [0.15, 0.2) is 42.5 Å². The molecule has 0 saturated heterocycles. The SMILES string of the molecule is CC[C@@H](C)N(Cc1cc(NC(=O)CC(C)C)ccc1N(C)C)C(=O)Nc1cccc(F)c1. The zero-order chi connectivity index (χ0) is 23.8. The molecule has 7 heteroatoms. The number of nitrogens with one attached hydrogen (secondary N) is 2. The van der Waals surface area contributed by atoms with E-state index in [9.17, 15) is 14.0 Å². The van der Waals surface area contributed by atoms with Gasteiger partial charge in [-0.3, -0.25) is 4.79 Å². The minimum atomic E-state index is -0.405. The predicted octanol–water partition coefficient (Wildman–Crippen LogP) is 5.71. The van der Waals surface area contributed by atoms with Gasteiger partial charge in [-0.15, -0.1) is 0 Å². The molecule has 0 aliphatic carbocycles. The van der Waals surface area contributed by atoms with Crippen molar-refractivity contribution < 1.29 is 14.0 Å². The molecule has 32 heavy (non-hydrogen) atoms. The van der Waals surface area contributed by atoms with E-state index in [1.54, 1.807) is 17.0 Å². The molecule has 0 aliphatic rings. The first-order chi connectivity index (χ1) is 15.1. The molecule has 0 spiro atoms. The van der Waals surface area contributed by atoms with Crippen LogP contribution in [0.5, 0.6) is 0 Å². The van der Waals surface area contributed by atoms with Gasteiger partial charge in [0.05, 0.1) is 0 Å². The molecule has 174 valence electrons. The molecule has 3 amide bonds. The lowest BCUT2D eigenvalue weighted by molar-refractivity contribution is -0.116. The molecule has 0 heterocycles. The molecule has 1 atom stereocenters. The largest absolute Gasteiger partial charge is 0.377 e. The number of hydrogen-bond acceptors (Lipinski definition) is 3. The van der Waals surface area contributed by atoms with Crippen LogP contribution < -0.4 is 15.5 Å². The van der Waals surface area contributed by atoms with Gasteiger partial charge in [0.2, 0.25) is 5.91 Å². The number of carbonyl (C=O) groups excluding carboxylic acids is 2. The molecular weight excluding hydrogens is 407 g/mol. The van der Waals surface area contributed by atoms with Gasteiger partial charge in [-0.25, -0.2) is 9.18 Å². The van der Waals surface area contributed by atoms with Crippen molar-refractivity contribution in [2.75, 3.05) is 29.6 Å². The highest BCUT2D eigenvalue weighted by molar-refractivity contribution is 5.91. The van der Waals surface area contributed by atoms with Gasteiger partial charge < -0.3 is 20.4 Å². The summed E-state index contributed by atoms with van der Waals surface area (Å²) in [5, 5.41) is 5.75. The fraction of sp³-hybridized carbons (Fsp3) is 0.440. The fourth-order valence-corrected chi connectivity index (χ4v) is 3.40. The third kappa shape index (κ3) is 7.25. The lowest BCUT2D eigenvalue weighted by atomic mass is 10.1. The molecule has 2 N–H and O–H groups in total. The molecule has 2 aromatic rings. The van der Waals surface area contributed by atoms with Crippen molar-refractivity contribution in [1.29, 1.82) is 0 Å². The topological polar surface area (TPSA) is 64.7 Å². The average Bonchev–Trinajstić information content (AvgIpc) is 2.70. The van der Waals surface area contributed by atoms with Crippen molar-refractivity contribution in [2.24, 2.45) is 5.92 Å². The number of halogens is 1. The standard InChI is InChI=1S/C25H35FN4O2/c1-7-18(4)30(25(32)28-21-10-8-9-20(26)15-21)16-19-14-22(11-12-23(19)29(5)6)27-24(31)13-17(2)3/h8-12,14-15,17-18H,7,13,16H2,1-6H3,(H,27,31)(H,28,32)/t18-/m1/s1. The van der Waals surface area contributed by atoms with E-state index < -0.39 is 5.82 Å². The molecule has 0 aliphatic heterocycles. The summed E-state index contributed by atoms with van der Waals surface area (Å²) >= 11 is 0. The maximum absolute atomic E-state index is 13.6. The van der Waals surface area contributed by atoms with Crippen LogP contribution in [0, 0.1) is 11.7 Å². The first kappa shape index (κ1) is 25.2. The van der Waals surface area contributed by atoms with Gasteiger partial charge in [-0.05, 0) is 61.2 Å². The van der Waals surface area contributed by atoms with Gasteiger partial charge >= 0.3 is 6.03 Å². The van der Waals surface area contributed by atoms with E-state index in [1.165, 1.54) is 12.1 Å². The second-order valence-corrected chi connectivity index (χ2v) is 8.71. The zero-order valence-corrected chi connectivity index (χ0v) is 19.9. The maximum atomic E-state index is 13.6. The van der Waals surface area contributed by atoms with Crippen molar-refractivity contribution in [3.05, 3.63) is 53.8 Å². The smallest absolute Gasteiger partial charge is 0.322 e. The minimum absolute atomic E-state index is 0.0359. The van der Waals surface area contributed by atoms with Crippen LogP contribution in [0.3, 0.4) is 0 Å². The van der Waals surface area contributed by atoms with Crippen molar-refractivity contribution in [1.82, 2.24) is 4.90 Å². The Morgan fingerprint density at radius 3 is 2.28 bits per heavy atom. The molecule has 0 unspecified atom stereocenters. The molecular formula is C25H35FN4O2. The minimum Gasteiger partial charge on any atom is -0.377 e. The second-order valence-electron chi connectivity index (χ2n) is 8.71. The highest BCUT2D eigenvalue weighted by Crippen LogP contribution is 2.26. The lowest BCUT2D eigenvalue weighted by Crippen LogP contribution is -2.41. The van der Waals surface area contributed by atoms with Crippen LogP contribution in [0.4, 0.5) is 26.2 Å². The van der Waals surface area contributed by atoms with Crippen LogP contribution in [-0.4, -0.2) is 37.0 Å². The Bertz CT molecular complexity index is 930. The molecule has 2 rings (SSSR count). The summed E-state index contributed by atoms with van der Waals surface area (Å²) in [5.74, 6) is -0.174. The van der Waals surface area contributed by atoms with E-state index in [1.807, 2.05) is 64.9 Å². The van der Waals surface area contributed by atoms with Gasteiger partial charge in [0.25, 0.3) is 0 Å². The molecule has 0 radical (unpaired) electrons. The molecule has 0 fully saturated rings. The first-order valence-corrected chi connectivity index (χ1v) is 11.0. The van der Waals surface area contributed by atoms with Crippen LogP contribution in [0.2, 0.25) is 0 Å². The first-order valence-electron chi connectivity index (χ1n) is 11.0. The number of amides is 3. The highest BCUT2D eigenvalue weighted by atomic mass is 19.1. The van der Waals surface area contributed by atoms with Gasteiger partial charge in [0.1, 0.15) is 5.82 Å². The number of urea groups is 1.